The Morgan fingerprint density at radius 1 is 1.04 bits per heavy atom. The molecule has 1 heterocycles. The van der Waals surface area contributed by atoms with E-state index in [2.05, 4.69) is 0 Å². The minimum atomic E-state index is -0.438. The number of fused-ring (bicyclic) bond motifs is 1. The fraction of sp³-hybridized carbons (Fsp3) is 0.105. The molecule has 0 unspecified atom stereocenters. The number of hydrogen-bond acceptors (Lipinski definition) is 4. The van der Waals surface area contributed by atoms with Crippen LogP contribution < -0.4 is 4.74 Å². The molecule has 0 atom stereocenters. The van der Waals surface area contributed by atoms with E-state index in [9.17, 15) is 4.79 Å². The number of furan rings is 1. The first-order chi connectivity index (χ1) is 11.2. The van der Waals surface area contributed by atoms with Crippen LogP contribution in [0.3, 0.4) is 0 Å². The van der Waals surface area contributed by atoms with Crippen molar-refractivity contribution in [3.05, 3.63) is 65.4 Å². The highest BCUT2D eigenvalue weighted by atomic mass is 16.5. The minimum Gasteiger partial charge on any atom is -0.496 e. The van der Waals surface area contributed by atoms with Crippen LogP contribution in [-0.2, 0) is 4.74 Å². The van der Waals surface area contributed by atoms with Crippen LogP contribution in [0.2, 0.25) is 0 Å². The van der Waals surface area contributed by atoms with Crippen molar-refractivity contribution in [1.29, 1.82) is 0 Å². The zero-order chi connectivity index (χ0) is 16.2. The number of ether oxygens (including phenoxy) is 2. The Bertz CT molecular complexity index is 841. The van der Waals surface area contributed by atoms with E-state index in [1.54, 1.807) is 6.07 Å². The normalized spacial score (nSPS) is 11.0. The first-order valence-electron chi connectivity index (χ1n) is 7.15. The van der Waals surface area contributed by atoms with Gasteiger partial charge >= 0.3 is 5.97 Å². The van der Waals surface area contributed by atoms with Gasteiger partial charge in [-0.1, -0.05) is 36.4 Å². The summed E-state index contributed by atoms with van der Waals surface area (Å²) < 4.78 is 15.8. The Hall–Kier alpha value is -3.01. The molecule has 0 bridgehead atoms. The number of carbonyl (C=O) groups excluding carboxylic acids is 1. The largest absolute Gasteiger partial charge is 0.496 e. The number of para-hydroxylation sites is 1. The summed E-state index contributed by atoms with van der Waals surface area (Å²) in [6.45, 7) is 0. The van der Waals surface area contributed by atoms with Gasteiger partial charge in [0, 0.05) is 5.39 Å². The molecule has 0 radical (unpaired) electrons. The van der Waals surface area contributed by atoms with Gasteiger partial charge in [0.1, 0.15) is 22.7 Å². The van der Waals surface area contributed by atoms with Gasteiger partial charge in [0.2, 0.25) is 0 Å². The van der Waals surface area contributed by atoms with Crippen molar-refractivity contribution >= 4 is 29.1 Å². The zero-order valence-electron chi connectivity index (χ0n) is 12.9. The molecule has 2 aromatic carbocycles. The van der Waals surface area contributed by atoms with Crippen LogP contribution in [0.15, 0.2) is 52.9 Å². The van der Waals surface area contributed by atoms with Crippen molar-refractivity contribution in [2.45, 2.75) is 0 Å². The van der Waals surface area contributed by atoms with Crippen LogP contribution in [0, 0.1) is 0 Å². The Labute approximate surface area is 133 Å². The van der Waals surface area contributed by atoms with E-state index < -0.39 is 5.97 Å². The summed E-state index contributed by atoms with van der Waals surface area (Å²) in [5, 5.41) is 1.03. The summed E-state index contributed by atoms with van der Waals surface area (Å²) in [7, 11) is 2.87. The lowest BCUT2D eigenvalue weighted by Gasteiger charge is -2.09. The average Bonchev–Trinajstić information content (AvgIpc) is 3.01. The van der Waals surface area contributed by atoms with Crippen LogP contribution in [0.25, 0.3) is 23.1 Å². The number of benzene rings is 2. The maximum atomic E-state index is 12.0. The zero-order valence-corrected chi connectivity index (χ0v) is 12.9. The number of hydrogen-bond donors (Lipinski definition) is 0. The van der Waals surface area contributed by atoms with E-state index in [1.165, 1.54) is 14.2 Å². The molecule has 23 heavy (non-hydrogen) atoms. The Kier molecular flexibility index (Phi) is 4.15. The van der Waals surface area contributed by atoms with Gasteiger partial charge in [-0.15, -0.1) is 0 Å². The van der Waals surface area contributed by atoms with Gasteiger partial charge in [-0.25, -0.2) is 4.79 Å². The van der Waals surface area contributed by atoms with Gasteiger partial charge in [-0.05, 0) is 29.8 Å². The second-order valence-electron chi connectivity index (χ2n) is 4.94. The standard InChI is InChI=1S/C19H16O4/c1-21-17-9-5-7-13(18(17)19(20)22-2)10-11-15-12-14-6-3-4-8-16(14)23-15/h3-12H,1-2H3/b11-10+. The molecule has 3 aromatic rings. The highest BCUT2D eigenvalue weighted by Gasteiger charge is 2.16. The number of rotatable bonds is 4. The van der Waals surface area contributed by atoms with Crippen LogP contribution in [-0.4, -0.2) is 20.2 Å². The monoisotopic (exact) mass is 308 g/mol. The highest BCUT2D eigenvalue weighted by molar-refractivity contribution is 5.97. The molecule has 1 aromatic heterocycles. The van der Waals surface area contributed by atoms with E-state index >= 15 is 0 Å². The van der Waals surface area contributed by atoms with Gasteiger partial charge in [-0.2, -0.15) is 0 Å². The van der Waals surface area contributed by atoms with E-state index in [-0.39, 0.29) is 0 Å². The molecule has 0 aliphatic heterocycles. The summed E-state index contributed by atoms with van der Waals surface area (Å²) in [5.74, 6) is 0.750. The smallest absolute Gasteiger partial charge is 0.342 e. The van der Waals surface area contributed by atoms with E-state index in [0.717, 1.165) is 11.0 Å². The van der Waals surface area contributed by atoms with E-state index in [4.69, 9.17) is 13.9 Å². The Morgan fingerprint density at radius 3 is 2.61 bits per heavy atom. The van der Waals surface area contributed by atoms with Crippen LogP contribution in [0.4, 0.5) is 0 Å². The van der Waals surface area contributed by atoms with Crippen molar-refractivity contribution in [3.63, 3.8) is 0 Å². The summed E-state index contributed by atoms with van der Waals surface area (Å²) >= 11 is 0. The molecule has 0 aliphatic rings. The van der Waals surface area contributed by atoms with Crippen LogP contribution in [0.1, 0.15) is 21.7 Å². The summed E-state index contributed by atoms with van der Waals surface area (Å²) in [6, 6.07) is 15.1. The fourth-order valence-corrected chi connectivity index (χ4v) is 2.43. The van der Waals surface area contributed by atoms with Gasteiger partial charge in [0.25, 0.3) is 0 Å². The third-order valence-electron chi connectivity index (χ3n) is 3.54. The lowest BCUT2D eigenvalue weighted by atomic mass is 10.1. The van der Waals surface area contributed by atoms with Crippen LogP contribution in [0.5, 0.6) is 5.75 Å². The maximum absolute atomic E-state index is 12.0. The van der Waals surface area contributed by atoms with Crippen molar-refractivity contribution in [3.8, 4) is 5.75 Å². The maximum Gasteiger partial charge on any atom is 0.342 e. The molecular weight excluding hydrogens is 292 g/mol. The predicted octanol–water partition coefficient (Wildman–Crippen LogP) is 4.40. The van der Waals surface area contributed by atoms with Gasteiger partial charge in [0.15, 0.2) is 0 Å². The predicted molar refractivity (Wildman–Crippen MR) is 89.5 cm³/mol. The Balaban J connectivity index is 2.00. The number of methoxy groups -OCH3 is 2. The minimum absolute atomic E-state index is 0.393. The molecule has 0 fully saturated rings. The molecular formula is C19H16O4. The second kappa shape index (κ2) is 6.40. The molecule has 0 spiro atoms. The third-order valence-corrected chi connectivity index (χ3v) is 3.54. The molecule has 4 nitrogen and oxygen atoms in total. The van der Waals surface area contributed by atoms with E-state index in [0.29, 0.717) is 22.6 Å². The topological polar surface area (TPSA) is 48.7 Å². The number of carbonyl (C=O) groups is 1. The fourth-order valence-electron chi connectivity index (χ4n) is 2.43. The molecule has 0 saturated heterocycles. The first kappa shape index (κ1) is 14.9. The van der Waals surface area contributed by atoms with Crippen molar-refractivity contribution in [2.75, 3.05) is 14.2 Å². The molecule has 4 heteroatoms. The third kappa shape index (κ3) is 2.97. The second-order valence-corrected chi connectivity index (χ2v) is 4.94. The first-order valence-corrected chi connectivity index (χ1v) is 7.15. The van der Waals surface area contributed by atoms with Crippen LogP contribution >= 0.6 is 0 Å². The summed E-state index contributed by atoms with van der Waals surface area (Å²) in [4.78, 5) is 12.0. The van der Waals surface area contributed by atoms with Crippen molar-refractivity contribution < 1.29 is 18.7 Å². The average molecular weight is 308 g/mol. The van der Waals surface area contributed by atoms with E-state index in [1.807, 2.05) is 54.6 Å². The Morgan fingerprint density at radius 2 is 1.87 bits per heavy atom. The summed E-state index contributed by atoms with van der Waals surface area (Å²) in [6.07, 6.45) is 3.63. The molecule has 0 aliphatic carbocycles. The van der Waals surface area contributed by atoms with Gasteiger partial charge in [-0.3, -0.25) is 0 Å². The SMILES string of the molecule is COC(=O)c1c(/C=C/c2cc3ccccc3o2)cccc1OC. The number of esters is 1. The quantitative estimate of drug-likeness (QED) is 0.670. The lowest BCUT2D eigenvalue weighted by molar-refractivity contribution is 0.0597. The molecule has 0 saturated carbocycles. The van der Waals surface area contributed by atoms with Gasteiger partial charge < -0.3 is 13.9 Å². The lowest BCUT2D eigenvalue weighted by Crippen LogP contribution is -2.06. The molecule has 0 N–H and O–H groups in total. The molecule has 0 amide bonds. The van der Waals surface area contributed by atoms with Crippen molar-refractivity contribution in [1.82, 2.24) is 0 Å². The van der Waals surface area contributed by atoms with Crippen molar-refractivity contribution in [2.24, 2.45) is 0 Å². The van der Waals surface area contributed by atoms with Gasteiger partial charge in [0.05, 0.1) is 14.2 Å². The molecule has 116 valence electrons. The molecule has 3 rings (SSSR count). The summed E-state index contributed by atoms with van der Waals surface area (Å²) in [5.41, 5.74) is 1.92. The highest BCUT2D eigenvalue weighted by Crippen LogP contribution is 2.26.